The van der Waals surface area contributed by atoms with Crippen LogP contribution in [0.2, 0.25) is 0 Å². The van der Waals surface area contributed by atoms with E-state index in [1.54, 1.807) is 6.92 Å². The molecular formula is C11H16Cl2O2S. The number of allylic oxidation sites excluding steroid dienone is 1. The molecule has 2 bridgehead atoms. The SMILES string of the molecule is CC1=C(C)C2(C)C(C)C1(C)C(Cl)(Cl)S2(=O)=O. The Morgan fingerprint density at radius 3 is 1.88 bits per heavy atom. The molecule has 0 saturated carbocycles. The Hall–Kier alpha value is 0.270. The highest BCUT2D eigenvalue weighted by molar-refractivity contribution is 7.97. The highest BCUT2D eigenvalue weighted by Crippen LogP contribution is 2.73. The van der Waals surface area contributed by atoms with Gasteiger partial charge in [-0.3, -0.25) is 0 Å². The number of rotatable bonds is 0. The Balaban J connectivity index is 2.95. The molecule has 0 amide bonds. The minimum absolute atomic E-state index is 0.0972. The van der Waals surface area contributed by atoms with Crippen molar-refractivity contribution in [2.45, 2.75) is 43.0 Å². The maximum atomic E-state index is 12.5. The van der Waals surface area contributed by atoms with Crippen molar-refractivity contribution in [3.8, 4) is 0 Å². The molecule has 3 unspecified atom stereocenters. The first-order valence-corrected chi connectivity index (χ1v) is 7.51. The molecule has 3 atom stereocenters. The Morgan fingerprint density at radius 2 is 1.56 bits per heavy atom. The van der Waals surface area contributed by atoms with Crippen LogP contribution in [-0.4, -0.2) is 16.8 Å². The van der Waals surface area contributed by atoms with Crippen molar-refractivity contribution in [1.29, 1.82) is 0 Å². The van der Waals surface area contributed by atoms with Gasteiger partial charge in [0.05, 0.1) is 4.75 Å². The highest BCUT2D eigenvalue weighted by Gasteiger charge is 2.78. The molecule has 0 radical (unpaired) electrons. The largest absolute Gasteiger partial charge is 0.227 e. The Bertz CT molecular complexity index is 506. The number of sulfone groups is 1. The van der Waals surface area contributed by atoms with E-state index in [0.29, 0.717) is 0 Å². The fraction of sp³-hybridized carbons (Fsp3) is 0.818. The van der Waals surface area contributed by atoms with Gasteiger partial charge in [0.2, 0.25) is 3.67 Å². The molecular weight excluding hydrogens is 267 g/mol. The van der Waals surface area contributed by atoms with Crippen LogP contribution < -0.4 is 0 Å². The fourth-order valence-corrected chi connectivity index (χ4v) is 7.66. The van der Waals surface area contributed by atoms with Crippen molar-refractivity contribution in [3.63, 3.8) is 0 Å². The van der Waals surface area contributed by atoms with E-state index in [0.717, 1.165) is 11.1 Å². The normalized spacial score (nSPS) is 48.8. The van der Waals surface area contributed by atoms with Crippen LogP contribution in [-0.2, 0) is 9.84 Å². The smallest absolute Gasteiger partial charge is 0.225 e. The fourth-order valence-electron chi connectivity index (χ4n) is 3.41. The van der Waals surface area contributed by atoms with E-state index in [1.165, 1.54) is 0 Å². The van der Waals surface area contributed by atoms with E-state index in [9.17, 15) is 8.42 Å². The Morgan fingerprint density at radius 1 is 1.12 bits per heavy atom. The second-order valence-electron chi connectivity index (χ2n) is 5.30. The Labute approximate surface area is 107 Å². The standard InChI is InChI=1S/C11H16Cl2O2S/c1-6-7(2)10(5)8(3)9(6,4)11(12,13)16(10,14)15/h8H,1-5H3. The third-order valence-corrected chi connectivity index (χ3v) is 10.2. The zero-order chi connectivity index (χ0) is 12.7. The van der Waals surface area contributed by atoms with Crippen LogP contribution in [0, 0.1) is 11.3 Å². The van der Waals surface area contributed by atoms with Crippen LogP contribution in [0.25, 0.3) is 0 Å². The number of hydrogen-bond donors (Lipinski definition) is 0. The Kier molecular flexibility index (Phi) is 2.23. The summed E-state index contributed by atoms with van der Waals surface area (Å²) >= 11 is 12.4. The van der Waals surface area contributed by atoms with Crippen molar-refractivity contribution in [2.75, 3.05) is 0 Å². The number of halogens is 2. The summed E-state index contributed by atoms with van der Waals surface area (Å²) in [6.45, 7) is 9.32. The van der Waals surface area contributed by atoms with E-state index < -0.39 is 23.7 Å². The van der Waals surface area contributed by atoms with Crippen LogP contribution in [0.1, 0.15) is 34.6 Å². The zero-order valence-corrected chi connectivity index (χ0v) is 12.4. The van der Waals surface area contributed by atoms with Gasteiger partial charge in [0, 0.05) is 5.41 Å². The maximum absolute atomic E-state index is 12.5. The van der Waals surface area contributed by atoms with E-state index in [-0.39, 0.29) is 5.92 Å². The summed E-state index contributed by atoms with van der Waals surface area (Å²) in [4.78, 5) is 0. The number of hydrogen-bond acceptors (Lipinski definition) is 2. The van der Waals surface area contributed by atoms with Crippen molar-refractivity contribution < 1.29 is 8.42 Å². The lowest BCUT2D eigenvalue weighted by atomic mass is 9.76. The molecule has 1 saturated heterocycles. The molecule has 1 aliphatic carbocycles. The molecule has 92 valence electrons. The molecule has 2 aliphatic rings. The van der Waals surface area contributed by atoms with Crippen LogP contribution in [0.3, 0.4) is 0 Å². The van der Waals surface area contributed by atoms with Gasteiger partial charge >= 0.3 is 0 Å². The number of alkyl halides is 2. The second-order valence-corrected chi connectivity index (χ2v) is 9.54. The zero-order valence-electron chi connectivity index (χ0n) is 10.1. The molecule has 2 rings (SSSR count). The third kappa shape index (κ3) is 0.823. The van der Waals surface area contributed by atoms with Crippen molar-refractivity contribution >= 4 is 33.0 Å². The van der Waals surface area contributed by atoms with Crippen LogP contribution in [0.15, 0.2) is 11.1 Å². The van der Waals surface area contributed by atoms with Gasteiger partial charge in [-0.1, -0.05) is 48.2 Å². The molecule has 1 heterocycles. The summed E-state index contributed by atoms with van der Waals surface area (Å²) in [5, 5.41) is 0. The molecule has 0 aromatic heterocycles. The van der Waals surface area contributed by atoms with Gasteiger partial charge in [-0.15, -0.1) is 0 Å². The first kappa shape index (κ1) is 12.7. The van der Waals surface area contributed by atoms with Crippen LogP contribution in [0.4, 0.5) is 0 Å². The van der Waals surface area contributed by atoms with Crippen molar-refractivity contribution in [1.82, 2.24) is 0 Å². The molecule has 16 heavy (non-hydrogen) atoms. The van der Waals surface area contributed by atoms with Crippen molar-refractivity contribution in [3.05, 3.63) is 11.1 Å². The van der Waals surface area contributed by atoms with Gasteiger partial charge in [-0.25, -0.2) is 8.42 Å². The van der Waals surface area contributed by atoms with E-state index in [4.69, 9.17) is 23.2 Å². The number of fused-ring (bicyclic) bond motifs is 2. The van der Waals surface area contributed by atoms with Gasteiger partial charge in [0.1, 0.15) is 0 Å². The third-order valence-electron chi connectivity index (χ3n) is 5.28. The molecule has 2 nitrogen and oxygen atoms in total. The first-order valence-electron chi connectivity index (χ1n) is 5.27. The van der Waals surface area contributed by atoms with Gasteiger partial charge in [-0.2, -0.15) is 0 Å². The van der Waals surface area contributed by atoms with Crippen LogP contribution in [0.5, 0.6) is 0 Å². The summed E-state index contributed by atoms with van der Waals surface area (Å²) in [6, 6.07) is 0. The van der Waals surface area contributed by atoms with E-state index in [1.807, 2.05) is 27.7 Å². The van der Waals surface area contributed by atoms with Gasteiger partial charge in [0.15, 0.2) is 9.84 Å². The monoisotopic (exact) mass is 282 g/mol. The summed E-state index contributed by atoms with van der Waals surface area (Å²) in [5.74, 6) is -0.0972. The van der Waals surface area contributed by atoms with E-state index >= 15 is 0 Å². The molecule has 1 fully saturated rings. The van der Waals surface area contributed by atoms with Crippen molar-refractivity contribution in [2.24, 2.45) is 11.3 Å². The quantitative estimate of drug-likeness (QED) is 0.505. The molecule has 0 N–H and O–H groups in total. The maximum Gasteiger partial charge on any atom is 0.227 e. The summed E-state index contributed by atoms with van der Waals surface area (Å²) < 4.78 is 22.3. The molecule has 0 spiro atoms. The van der Waals surface area contributed by atoms with Crippen LogP contribution >= 0.6 is 23.2 Å². The predicted molar refractivity (Wildman–Crippen MR) is 67.4 cm³/mol. The highest BCUT2D eigenvalue weighted by atomic mass is 35.5. The second kappa shape index (κ2) is 2.81. The van der Waals surface area contributed by atoms with Gasteiger partial charge < -0.3 is 0 Å². The lowest BCUT2D eigenvalue weighted by molar-refractivity contribution is 0.289. The summed E-state index contributed by atoms with van der Waals surface area (Å²) in [6.07, 6.45) is 0. The lowest BCUT2D eigenvalue weighted by Gasteiger charge is -2.37. The van der Waals surface area contributed by atoms with E-state index in [2.05, 4.69) is 0 Å². The lowest BCUT2D eigenvalue weighted by Crippen LogP contribution is -2.44. The molecule has 0 aromatic rings. The molecule has 5 heteroatoms. The molecule has 1 aliphatic heterocycles. The summed E-state index contributed by atoms with van der Waals surface area (Å²) in [7, 11) is -3.58. The first-order chi connectivity index (χ1) is 6.97. The van der Waals surface area contributed by atoms with Gasteiger partial charge in [-0.05, 0) is 26.7 Å². The average molecular weight is 283 g/mol. The molecule has 0 aromatic carbocycles. The minimum atomic E-state index is -3.58. The minimum Gasteiger partial charge on any atom is -0.225 e. The average Bonchev–Trinajstić information content (AvgIpc) is 2.36. The topological polar surface area (TPSA) is 34.1 Å². The summed E-state index contributed by atoms with van der Waals surface area (Å²) in [5.41, 5.74) is 1.23. The predicted octanol–water partition coefficient (Wildman–Crippen LogP) is 3.30. The van der Waals surface area contributed by atoms with Gasteiger partial charge in [0.25, 0.3) is 0 Å².